The van der Waals surface area contributed by atoms with Crippen LogP contribution in [0.3, 0.4) is 0 Å². The lowest BCUT2D eigenvalue weighted by molar-refractivity contribution is -0.120. The molecule has 10 heteroatoms. The molecule has 0 bridgehead atoms. The summed E-state index contributed by atoms with van der Waals surface area (Å²) in [7, 11) is -3.54. The third-order valence-corrected chi connectivity index (χ3v) is 7.77. The molecule has 1 heterocycles. The van der Waals surface area contributed by atoms with Crippen LogP contribution >= 0.6 is 23.2 Å². The Bertz CT molecular complexity index is 1100. The number of nitrogens with one attached hydrogen (secondary N) is 1. The van der Waals surface area contributed by atoms with Crippen molar-refractivity contribution in [3.05, 3.63) is 63.6 Å². The van der Waals surface area contributed by atoms with Gasteiger partial charge in [0.05, 0.1) is 22.9 Å². The molecule has 2 aromatic rings. The predicted molar refractivity (Wildman–Crippen MR) is 124 cm³/mol. The van der Waals surface area contributed by atoms with Crippen LogP contribution in [-0.4, -0.2) is 44.3 Å². The van der Waals surface area contributed by atoms with Crippen molar-refractivity contribution in [1.29, 1.82) is 0 Å². The van der Waals surface area contributed by atoms with Gasteiger partial charge >= 0.3 is 5.97 Å². The van der Waals surface area contributed by atoms with Gasteiger partial charge in [-0.1, -0.05) is 41.4 Å². The fraction of sp³-hybridized carbons (Fsp3) is 0.364. The van der Waals surface area contributed by atoms with E-state index in [2.05, 4.69) is 5.32 Å². The number of hydrogen-bond donors (Lipinski definition) is 1. The maximum Gasteiger partial charge on any atom is 0.339 e. The van der Waals surface area contributed by atoms with E-state index >= 15 is 0 Å². The molecule has 0 unspecified atom stereocenters. The first kappa shape index (κ1) is 24.5. The fourth-order valence-corrected chi connectivity index (χ4v) is 5.58. The number of rotatable bonds is 7. The highest BCUT2D eigenvalue weighted by Crippen LogP contribution is 2.26. The molecule has 1 aliphatic rings. The molecule has 2 aromatic carbocycles. The number of amides is 1. The summed E-state index contributed by atoms with van der Waals surface area (Å²) in [5, 5.41) is 3.43. The van der Waals surface area contributed by atoms with Crippen LogP contribution in [0.4, 0.5) is 5.69 Å². The summed E-state index contributed by atoms with van der Waals surface area (Å²) in [6, 6.07) is 11.4. The molecule has 0 saturated carbocycles. The first-order valence-electron chi connectivity index (χ1n) is 10.2. The summed E-state index contributed by atoms with van der Waals surface area (Å²) in [6.45, 7) is 2.40. The molecule has 0 radical (unpaired) electrons. The minimum Gasteiger partial charge on any atom is -0.462 e. The Kier molecular flexibility index (Phi) is 8.16. The minimum absolute atomic E-state index is 0.173. The maximum atomic E-state index is 12.8. The van der Waals surface area contributed by atoms with E-state index in [4.69, 9.17) is 27.9 Å². The summed E-state index contributed by atoms with van der Waals surface area (Å²) in [5.74, 6) is -1.32. The Hall–Kier alpha value is -2.13. The Morgan fingerprint density at radius 3 is 2.44 bits per heavy atom. The zero-order chi connectivity index (χ0) is 23.3. The normalized spacial score (nSPS) is 15.3. The third kappa shape index (κ3) is 6.01. The Morgan fingerprint density at radius 2 is 1.78 bits per heavy atom. The monoisotopic (exact) mass is 498 g/mol. The van der Waals surface area contributed by atoms with Gasteiger partial charge in [-0.3, -0.25) is 4.79 Å². The number of benzene rings is 2. The van der Waals surface area contributed by atoms with E-state index in [1.807, 2.05) is 0 Å². The van der Waals surface area contributed by atoms with Crippen LogP contribution in [0.25, 0.3) is 0 Å². The van der Waals surface area contributed by atoms with Crippen LogP contribution in [0.15, 0.2) is 42.5 Å². The van der Waals surface area contributed by atoms with Crippen molar-refractivity contribution in [2.75, 3.05) is 25.0 Å². The second-order valence-corrected chi connectivity index (χ2v) is 10.2. The first-order chi connectivity index (χ1) is 15.2. The predicted octanol–water partition coefficient (Wildman–Crippen LogP) is 4.35. The lowest BCUT2D eigenvalue weighted by Crippen LogP contribution is -2.41. The topological polar surface area (TPSA) is 92.8 Å². The second-order valence-electron chi connectivity index (χ2n) is 7.43. The fourth-order valence-electron chi connectivity index (χ4n) is 3.51. The van der Waals surface area contributed by atoms with Crippen molar-refractivity contribution in [3.8, 4) is 0 Å². The highest BCUT2D eigenvalue weighted by molar-refractivity contribution is 7.88. The number of esters is 1. The molecule has 172 valence electrons. The van der Waals surface area contributed by atoms with Gasteiger partial charge in [-0.05, 0) is 49.6 Å². The van der Waals surface area contributed by atoms with Crippen LogP contribution < -0.4 is 5.32 Å². The van der Waals surface area contributed by atoms with E-state index in [1.165, 1.54) is 16.4 Å². The highest BCUT2D eigenvalue weighted by atomic mass is 35.5. The number of carbonyl (C=O) groups is 2. The van der Waals surface area contributed by atoms with Gasteiger partial charge in [0.25, 0.3) is 0 Å². The van der Waals surface area contributed by atoms with Gasteiger partial charge < -0.3 is 10.1 Å². The molecule has 32 heavy (non-hydrogen) atoms. The van der Waals surface area contributed by atoms with Crippen molar-refractivity contribution in [2.45, 2.75) is 25.5 Å². The summed E-state index contributed by atoms with van der Waals surface area (Å²) in [6.07, 6.45) is 0.790. The van der Waals surface area contributed by atoms with Gasteiger partial charge in [0.15, 0.2) is 0 Å². The lowest BCUT2D eigenvalue weighted by atomic mass is 9.97. The van der Waals surface area contributed by atoms with E-state index in [9.17, 15) is 18.0 Å². The van der Waals surface area contributed by atoms with Crippen molar-refractivity contribution >= 4 is 50.8 Å². The smallest absolute Gasteiger partial charge is 0.339 e. The van der Waals surface area contributed by atoms with Crippen LogP contribution in [0, 0.1) is 5.92 Å². The number of carbonyl (C=O) groups excluding carboxylic acids is 2. The zero-order valence-corrected chi connectivity index (χ0v) is 19.8. The molecule has 1 N–H and O–H groups in total. The van der Waals surface area contributed by atoms with Gasteiger partial charge in [0, 0.05) is 29.7 Å². The molecule has 0 aliphatic carbocycles. The molecule has 1 aliphatic heterocycles. The molecule has 1 fully saturated rings. The van der Waals surface area contributed by atoms with Crippen LogP contribution in [0.2, 0.25) is 10.0 Å². The number of ether oxygens (including phenoxy) is 1. The number of sulfonamides is 1. The Labute approximate surface area is 197 Å². The number of piperidine rings is 1. The van der Waals surface area contributed by atoms with Crippen molar-refractivity contribution in [3.63, 3.8) is 0 Å². The van der Waals surface area contributed by atoms with Crippen molar-refractivity contribution in [1.82, 2.24) is 4.31 Å². The molecule has 0 aromatic heterocycles. The quantitative estimate of drug-likeness (QED) is 0.572. The highest BCUT2D eigenvalue weighted by Gasteiger charge is 2.31. The number of hydrogen-bond acceptors (Lipinski definition) is 5. The third-order valence-electron chi connectivity index (χ3n) is 5.24. The molecule has 1 saturated heterocycles. The summed E-state index contributed by atoms with van der Waals surface area (Å²) < 4.78 is 31.9. The number of nitrogens with zero attached hydrogens (tertiary/aromatic N) is 1. The summed E-state index contributed by atoms with van der Waals surface area (Å²) >= 11 is 12.2. The maximum absolute atomic E-state index is 12.8. The van der Waals surface area contributed by atoms with E-state index in [0.29, 0.717) is 29.1 Å². The van der Waals surface area contributed by atoms with Crippen LogP contribution in [0.1, 0.15) is 35.7 Å². The zero-order valence-electron chi connectivity index (χ0n) is 17.5. The molecule has 7 nitrogen and oxygen atoms in total. The van der Waals surface area contributed by atoms with E-state index in [-0.39, 0.29) is 47.9 Å². The molecule has 0 atom stereocenters. The van der Waals surface area contributed by atoms with E-state index in [1.54, 1.807) is 37.3 Å². The SMILES string of the molecule is CCOC(=O)c1cc(NC(=O)C2CCN(S(=O)(=O)Cc3ccccc3Cl)CC2)ccc1Cl. The van der Waals surface area contributed by atoms with Gasteiger partial charge in [0.2, 0.25) is 15.9 Å². The molecular weight excluding hydrogens is 475 g/mol. The van der Waals surface area contributed by atoms with Crippen molar-refractivity contribution in [2.24, 2.45) is 5.92 Å². The lowest BCUT2D eigenvalue weighted by Gasteiger charge is -2.30. The van der Waals surface area contributed by atoms with Gasteiger partial charge in [-0.25, -0.2) is 17.5 Å². The minimum atomic E-state index is -3.54. The first-order valence-corrected chi connectivity index (χ1v) is 12.6. The standard InChI is InChI=1S/C22H24Cl2N2O5S/c1-2-31-22(28)18-13-17(7-8-20(18)24)25-21(27)15-9-11-26(12-10-15)32(29,30)14-16-5-3-4-6-19(16)23/h3-8,13,15H,2,9-12,14H2,1H3,(H,25,27). The second kappa shape index (κ2) is 10.7. The summed E-state index contributed by atoms with van der Waals surface area (Å²) in [5.41, 5.74) is 1.15. The average Bonchev–Trinajstić information content (AvgIpc) is 2.77. The van der Waals surface area contributed by atoms with E-state index in [0.717, 1.165) is 0 Å². The average molecular weight is 499 g/mol. The summed E-state index contributed by atoms with van der Waals surface area (Å²) in [4.78, 5) is 24.7. The largest absolute Gasteiger partial charge is 0.462 e. The molecule has 3 rings (SSSR count). The molecular formula is C22H24Cl2N2O5S. The Balaban J connectivity index is 1.59. The van der Waals surface area contributed by atoms with E-state index < -0.39 is 16.0 Å². The Morgan fingerprint density at radius 1 is 1.09 bits per heavy atom. The number of halogens is 2. The van der Waals surface area contributed by atoms with Gasteiger partial charge in [-0.2, -0.15) is 0 Å². The molecule has 0 spiro atoms. The number of anilines is 1. The van der Waals surface area contributed by atoms with Gasteiger partial charge in [0.1, 0.15) is 0 Å². The molecule has 1 amide bonds. The van der Waals surface area contributed by atoms with Gasteiger partial charge in [-0.15, -0.1) is 0 Å². The van der Waals surface area contributed by atoms with Crippen LogP contribution in [-0.2, 0) is 25.3 Å². The van der Waals surface area contributed by atoms with Crippen LogP contribution in [0.5, 0.6) is 0 Å². The van der Waals surface area contributed by atoms with Crippen molar-refractivity contribution < 1.29 is 22.7 Å².